The first-order valence-electron chi connectivity index (χ1n) is 6.51. The highest BCUT2D eigenvalue weighted by molar-refractivity contribution is 6.31. The monoisotopic (exact) mass is 270 g/mol. The summed E-state index contributed by atoms with van der Waals surface area (Å²) in [5.74, 6) is -0.217. The fourth-order valence-corrected chi connectivity index (χ4v) is 2.68. The quantitative estimate of drug-likeness (QED) is 0.908. The highest BCUT2D eigenvalue weighted by Gasteiger charge is 2.17. The molecule has 1 unspecified atom stereocenters. The average Bonchev–Trinajstić information content (AvgIpc) is 2.62. The Hall–Kier alpha value is -0.640. The third-order valence-corrected chi connectivity index (χ3v) is 3.96. The van der Waals surface area contributed by atoms with E-state index in [-0.39, 0.29) is 5.82 Å². The van der Waals surface area contributed by atoms with Crippen LogP contribution in [0.4, 0.5) is 4.39 Å². The average molecular weight is 271 g/mol. The molecule has 1 N–H and O–H groups in total. The third kappa shape index (κ3) is 3.67. The molecule has 1 atom stereocenters. The van der Waals surface area contributed by atoms with Gasteiger partial charge in [0.2, 0.25) is 0 Å². The molecule has 1 aromatic carbocycles. The van der Waals surface area contributed by atoms with Crippen molar-refractivity contribution in [3.05, 3.63) is 34.6 Å². The maximum Gasteiger partial charge on any atom is 0.123 e. The molecule has 0 saturated carbocycles. The SMILES string of the molecule is CN(Cc1cc(F)ccc1Cl)C1CCCNCC1. The van der Waals surface area contributed by atoms with Crippen LogP contribution in [0.3, 0.4) is 0 Å². The second-order valence-corrected chi connectivity index (χ2v) is 5.39. The van der Waals surface area contributed by atoms with E-state index < -0.39 is 0 Å². The van der Waals surface area contributed by atoms with Crippen molar-refractivity contribution in [2.45, 2.75) is 31.8 Å². The van der Waals surface area contributed by atoms with Crippen LogP contribution in [0.5, 0.6) is 0 Å². The molecule has 0 bridgehead atoms. The fourth-order valence-electron chi connectivity index (χ4n) is 2.50. The molecule has 0 aromatic heterocycles. The second-order valence-electron chi connectivity index (χ2n) is 4.99. The minimum atomic E-state index is -0.217. The zero-order valence-corrected chi connectivity index (χ0v) is 11.5. The lowest BCUT2D eigenvalue weighted by atomic mass is 10.1. The van der Waals surface area contributed by atoms with E-state index in [0.717, 1.165) is 25.1 Å². The van der Waals surface area contributed by atoms with Gasteiger partial charge in [-0.2, -0.15) is 0 Å². The molecular formula is C14H20ClFN2. The van der Waals surface area contributed by atoms with Crippen molar-refractivity contribution in [3.63, 3.8) is 0 Å². The molecule has 1 aliphatic rings. The van der Waals surface area contributed by atoms with Crippen molar-refractivity contribution in [2.24, 2.45) is 0 Å². The number of halogens is 2. The van der Waals surface area contributed by atoms with Crippen molar-refractivity contribution < 1.29 is 4.39 Å². The van der Waals surface area contributed by atoms with Crippen molar-refractivity contribution in [1.82, 2.24) is 10.2 Å². The van der Waals surface area contributed by atoms with E-state index in [4.69, 9.17) is 11.6 Å². The molecule has 1 saturated heterocycles. The van der Waals surface area contributed by atoms with Gasteiger partial charge in [-0.3, -0.25) is 4.90 Å². The largest absolute Gasteiger partial charge is 0.317 e. The maximum atomic E-state index is 13.2. The van der Waals surface area contributed by atoms with Gasteiger partial charge < -0.3 is 5.32 Å². The first-order valence-corrected chi connectivity index (χ1v) is 6.89. The van der Waals surface area contributed by atoms with Gasteiger partial charge in [-0.25, -0.2) is 4.39 Å². The van der Waals surface area contributed by atoms with Crippen LogP contribution in [-0.2, 0) is 6.54 Å². The summed E-state index contributed by atoms with van der Waals surface area (Å²) in [6, 6.07) is 5.13. The summed E-state index contributed by atoms with van der Waals surface area (Å²) in [4.78, 5) is 2.29. The first-order chi connectivity index (χ1) is 8.66. The summed E-state index contributed by atoms with van der Waals surface area (Å²) >= 11 is 6.11. The Balaban J connectivity index is 2.00. The molecule has 1 aromatic rings. The van der Waals surface area contributed by atoms with Gasteiger partial charge in [-0.05, 0) is 63.2 Å². The number of hydrogen-bond donors (Lipinski definition) is 1. The van der Waals surface area contributed by atoms with Crippen LogP contribution in [0.15, 0.2) is 18.2 Å². The van der Waals surface area contributed by atoms with Crippen molar-refractivity contribution in [3.8, 4) is 0 Å². The van der Waals surface area contributed by atoms with Gasteiger partial charge in [0.05, 0.1) is 0 Å². The Morgan fingerprint density at radius 1 is 1.39 bits per heavy atom. The standard InChI is InChI=1S/C14H20ClFN2/c1-18(13-3-2-7-17-8-6-13)10-11-9-12(16)4-5-14(11)15/h4-5,9,13,17H,2-3,6-8,10H2,1H3. The third-order valence-electron chi connectivity index (χ3n) is 3.60. The summed E-state index contributed by atoms with van der Waals surface area (Å²) in [5.41, 5.74) is 0.872. The fraction of sp³-hybridized carbons (Fsp3) is 0.571. The molecule has 0 amide bonds. The molecular weight excluding hydrogens is 251 g/mol. The van der Waals surface area contributed by atoms with E-state index >= 15 is 0 Å². The van der Waals surface area contributed by atoms with E-state index in [2.05, 4.69) is 17.3 Å². The normalized spacial score (nSPS) is 21.0. The van der Waals surface area contributed by atoms with Crippen molar-refractivity contribution >= 4 is 11.6 Å². The number of hydrogen-bond acceptors (Lipinski definition) is 2. The van der Waals surface area contributed by atoms with Gasteiger partial charge in [0.15, 0.2) is 0 Å². The number of nitrogens with zero attached hydrogens (tertiary/aromatic N) is 1. The smallest absolute Gasteiger partial charge is 0.123 e. The predicted molar refractivity (Wildman–Crippen MR) is 73.4 cm³/mol. The molecule has 1 fully saturated rings. The van der Waals surface area contributed by atoms with Crippen LogP contribution in [0, 0.1) is 5.82 Å². The van der Waals surface area contributed by atoms with Crippen molar-refractivity contribution in [2.75, 3.05) is 20.1 Å². The molecule has 4 heteroatoms. The Morgan fingerprint density at radius 2 is 2.22 bits per heavy atom. The minimum absolute atomic E-state index is 0.217. The van der Waals surface area contributed by atoms with E-state index in [1.54, 1.807) is 6.07 Å². The van der Waals surface area contributed by atoms with Gasteiger partial charge in [0.1, 0.15) is 5.82 Å². The van der Waals surface area contributed by atoms with Crippen molar-refractivity contribution in [1.29, 1.82) is 0 Å². The minimum Gasteiger partial charge on any atom is -0.317 e. The first kappa shape index (κ1) is 13.8. The van der Waals surface area contributed by atoms with Gasteiger partial charge >= 0.3 is 0 Å². The molecule has 18 heavy (non-hydrogen) atoms. The van der Waals surface area contributed by atoms with Crippen LogP contribution in [0.25, 0.3) is 0 Å². The van der Waals surface area contributed by atoms with Crippen LogP contribution < -0.4 is 5.32 Å². The lowest BCUT2D eigenvalue weighted by Gasteiger charge is -2.27. The molecule has 2 rings (SSSR count). The highest BCUT2D eigenvalue weighted by atomic mass is 35.5. The van der Waals surface area contributed by atoms with Gasteiger partial charge in [0.25, 0.3) is 0 Å². The molecule has 100 valence electrons. The van der Waals surface area contributed by atoms with E-state index in [1.165, 1.54) is 25.0 Å². The van der Waals surface area contributed by atoms with Crippen LogP contribution in [-0.4, -0.2) is 31.1 Å². The number of benzene rings is 1. The topological polar surface area (TPSA) is 15.3 Å². The van der Waals surface area contributed by atoms with Gasteiger partial charge in [-0.15, -0.1) is 0 Å². The molecule has 0 aliphatic carbocycles. The maximum absolute atomic E-state index is 13.2. The summed E-state index contributed by atoms with van der Waals surface area (Å²) < 4.78 is 13.2. The van der Waals surface area contributed by atoms with E-state index in [1.807, 2.05) is 0 Å². The Morgan fingerprint density at radius 3 is 3.06 bits per heavy atom. The number of rotatable bonds is 3. The molecule has 1 heterocycles. The summed E-state index contributed by atoms with van der Waals surface area (Å²) in [7, 11) is 2.09. The second kappa shape index (κ2) is 6.50. The number of nitrogens with one attached hydrogen (secondary N) is 1. The van der Waals surface area contributed by atoms with E-state index in [9.17, 15) is 4.39 Å². The van der Waals surface area contributed by atoms with Crippen LogP contribution >= 0.6 is 11.6 Å². The Kier molecular flexibility index (Phi) is 4.98. The molecule has 0 radical (unpaired) electrons. The van der Waals surface area contributed by atoms with Gasteiger partial charge in [0, 0.05) is 17.6 Å². The molecule has 2 nitrogen and oxygen atoms in total. The molecule has 1 aliphatic heterocycles. The zero-order valence-electron chi connectivity index (χ0n) is 10.8. The van der Waals surface area contributed by atoms with Gasteiger partial charge in [-0.1, -0.05) is 11.6 Å². The lowest BCUT2D eigenvalue weighted by Crippen LogP contribution is -2.32. The molecule has 0 spiro atoms. The lowest BCUT2D eigenvalue weighted by molar-refractivity contribution is 0.216. The Bertz CT molecular complexity index is 389. The zero-order chi connectivity index (χ0) is 13.0. The summed E-state index contributed by atoms with van der Waals surface area (Å²) in [5, 5.41) is 4.05. The highest BCUT2D eigenvalue weighted by Crippen LogP contribution is 2.21. The van der Waals surface area contributed by atoms with Crippen LogP contribution in [0.2, 0.25) is 5.02 Å². The van der Waals surface area contributed by atoms with Crippen LogP contribution in [0.1, 0.15) is 24.8 Å². The Labute approximate surface area is 113 Å². The predicted octanol–water partition coefficient (Wildman–Crippen LogP) is 3.05. The summed E-state index contributed by atoms with van der Waals surface area (Å²) in [6.07, 6.45) is 3.53. The van der Waals surface area contributed by atoms with E-state index in [0.29, 0.717) is 17.6 Å². The summed E-state index contributed by atoms with van der Waals surface area (Å²) in [6.45, 7) is 2.87.